The highest BCUT2D eigenvalue weighted by atomic mass is 16.5. The summed E-state index contributed by atoms with van der Waals surface area (Å²) in [4.78, 5) is 2.74. The van der Waals surface area contributed by atoms with Gasteiger partial charge in [-0.1, -0.05) is 18.2 Å². The molecule has 0 unspecified atom stereocenters. The van der Waals surface area contributed by atoms with Gasteiger partial charge in [0.2, 0.25) is 0 Å². The molecule has 1 aromatic carbocycles. The van der Waals surface area contributed by atoms with E-state index in [0.29, 0.717) is 12.0 Å². The van der Waals surface area contributed by atoms with Gasteiger partial charge in [0.05, 0.1) is 6.04 Å². The summed E-state index contributed by atoms with van der Waals surface area (Å²) in [5, 5.41) is 10.4. The highest BCUT2D eigenvalue weighted by Crippen LogP contribution is 2.62. The molecule has 0 amide bonds. The van der Waals surface area contributed by atoms with Gasteiger partial charge in [-0.25, -0.2) is 0 Å². The van der Waals surface area contributed by atoms with Crippen LogP contribution in [0.3, 0.4) is 0 Å². The summed E-state index contributed by atoms with van der Waals surface area (Å²) in [6.07, 6.45) is 9.45. The smallest absolute Gasteiger partial charge is 0.165 e. The van der Waals surface area contributed by atoms with Crippen molar-refractivity contribution in [3.63, 3.8) is 0 Å². The van der Waals surface area contributed by atoms with Crippen LogP contribution < -0.4 is 10.5 Å². The van der Waals surface area contributed by atoms with Gasteiger partial charge in [-0.2, -0.15) is 0 Å². The topological polar surface area (TPSA) is 58.7 Å². The van der Waals surface area contributed by atoms with Gasteiger partial charge < -0.3 is 15.6 Å². The van der Waals surface area contributed by atoms with Crippen molar-refractivity contribution >= 4 is 0 Å². The Bertz CT molecular complexity index is 756. The molecule has 5 aliphatic rings. The molecule has 24 heavy (non-hydrogen) atoms. The van der Waals surface area contributed by atoms with Gasteiger partial charge in [-0.3, -0.25) is 4.90 Å². The number of aromatic hydroxyl groups is 1. The monoisotopic (exact) mass is 324 g/mol. The lowest BCUT2D eigenvalue weighted by Crippen LogP contribution is -2.66. The Balaban J connectivity index is 1.54. The van der Waals surface area contributed by atoms with Crippen LogP contribution in [-0.2, 0) is 11.8 Å². The number of nitrogens with two attached hydrogens (primary N) is 1. The van der Waals surface area contributed by atoms with E-state index in [1.165, 1.54) is 30.5 Å². The molecule has 4 nitrogen and oxygen atoms in total. The van der Waals surface area contributed by atoms with E-state index in [4.69, 9.17) is 10.5 Å². The second kappa shape index (κ2) is 4.36. The first kappa shape index (κ1) is 13.7. The van der Waals surface area contributed by atoms with Gasteiger partial charge in [-0.05, 0) is 49.8 Å². The predicted octanol–water partition coefficient (Wildman–Crippen LogP) is 1.94. The molecule has 3 N–H and O–H groups in total. The van der Waals surface area contributed by atoms with Crippen LogP contribution in [0.2, 0.25) is 0 Å². The quantitative estimate of drug-likeness (QED) is 0.817. The molecule has 1 aromatic rings. The third kappa shape index (κ3) is 1.52. The van der Waals surface area contributed by atoms with Crippen LogP contribution in [0.5, 0.6) is 11.5 Å². The zero-order valence-corrected chi connectivity index (χ0v) is 13.8. The molecule has 0 aromatic heterocycles. The molecule has 2 heterocycles. The number of rotatable bonds is 2. The third-order valence-electron chi connectivity index (χ3n) is 7.24. The number of ether oxygens (including phenoxy) is 1. The second-order valence-electron chi connectivity index (χ2n) is 8.47. The molecule has 126 valence electrons. The van der Waals surface area contributed by atoms with Crippen molar-refractivity contribution in [2.75, 3.05) is 13.1 Å². The van der Waals surface area contributed by atoms with Gasteiger partial charge in [0.1, 0.15) is 6.10 Å². The van der Waals surface area contributed by atoms with Gasteiger partial charge >= 0.3 is 0 Å². The molecule has 2 fully saturated rings. The summed E-state index contributed by atoms with van der Waals surface area (Å²) in [6, 6.07) is 4.39. The van der Waals surface area contributed by atoms with Gasteiger partial charge in [0.15, 0.2) is 11.5 Å². The SMILES string of the molecule is N[C@@H]1C=C[C@H]2[C@H]3Cc4ccc(O)c5c4[C@@]2(CCN3CC2CC2)[C@H]1O5. The normalized spacial score (nSPS) is 41.9. The Morgan fingerprint density at radius 1 is 1.29 bits per heavy atom. The molecule has 5 atom stereocenters. The van der Waals surface area contributed by atoms with E-state index in [1.807, 2.05) is 6.07 Å². The number of hydrogen-bond donors (Lipinski definition) is 2. The molecule has 3 aliphatic carbocycles. The van der Waals surface area contributed by atoms with Crippen LogP contribution in [0.4, 0.5) is 0 Å². The average Bonchev–Trinajstić information content (AvgIpc) is 3.32. The predicted molar refractivity (Wildman–Crippen MR) is 91.2 cm³/mol. The molecule has 2 aliphatic heterocycles. The number of piperidine rings is 1. The maximum atomic E-state index is 10.4. The minimum absolute atomic E-state index is 0.0272. The Morgan fingerprint density at radius 3 is 3.00 bits per heavy atom. The van der Waals surface area contributed by atoms with Crippen LogP contribution in [0.1, 0.15) is 30.4 Å². The number of phenolic OH excluding ortho intramolecular Hbond substituents is 1. The summed E-state index contributed by atoms with van der Waals surface area (Å²) in [5.74, 6) is 2.38. The fraction of sp³-hybridized carbons (Fsp3) is 0.600. The van der Waals surface area contributed by atoms with Gasteiger partial charge in [-0.15, -0.1) is 0 Å². The summed E-state index contributed by atoms with van der Waals surface area (Å²) in [5.41, 5.74) is 9.05. The lowest BCUT2D eigenvalue weighted by molar-refractivity contribution is -0.0168. The zero-order valence-electron chi connectivity index (χ0n) is 13.8. The van der Waals surface area contributed by atoms with Gasteiger partial charge in [0.25, 0.3) is 0 Å². The molecule has 2 bridgehead atoms. The maximum absolute atomic E-state index is 10.4. The molecule has 0 radical (unpaired) electrons. The van der Waals surface area contributed by atoms with Crippen molar-refractivity contribution in [3.8, 4) is 11.5 Å². The lowest BCUT2D eigenvalue weighted by atomic mass is 9.53. The molecule has 1 saturated heterocycles. The minimum atomic E-state index is -0.0883. The lowest BCUT2D eigenvalue weighted by Gasteiger charge is -2.57. The summed E-state index contributed by atoms with van der Waals surface area (Å²) < 4.78 is 6.31. The summed E-state index contributed by atoms with van der Waals surface area (Å²) in [7, 11) is 0. The third-order valence-corrected chi connectivity index (χ3v) is 7.24. The van der Waals surface area contributed by atoms with E-state index < -0.39 is 0 Å². The molecule has 1 saturated carbocycles. The van der Waals surface area contributed by atoms with Crippen LogP contribution in [0.15, 0.2) is 24.3 Å². The molecular formula is C20H24N2O2. The fourth-order valence-electron chi connectivity index (χ4n) is 6.05. The first-order valence-electron chi connectivity index (χ1n) is 9.38. The minimum Gasteiger partial charge on any atom is -0.504 e. The van der Waals surface area contributed by atoms with Crippen LogP contribution in [-0.4, -0.2) is 41.3 Å². The first-order valence-corrected chi connectivity index (χ1v) is 9.38. The number of likely N-dealkylation sites (tertiary alicyclic amines) is 1. The van der Waals surface area contributed by atoms with Crippen LogP contribution in [0.25, 0.3) is 0 Å². The van der Waals surface area contributed by atoms with E-state index in [-0.39, 0.29) is 23.3 Å². The first-order chi connectivity index (χ1) is 11.7. The number of phenols is 1. The average molecular weight is 324 g/mol. The van der Waals surface area contributed by atoms with Gasteiger partial charge in [0, 0.05) is 29.5 Å². The van der Waals surface area contributed by atoms with Crippen LogP contribution in [0, 0.1) is 11.8 Å². The molecule has 1 spiro atoms. The fourth-order valence-corrected chi connectivity index (χ4v) is 6.05. The highest BCUT2D eigenvalue weighted by Gasteiger charge is 2.64. The van der Waals surface area contributed by atoms with Crippen molar-refractivity contribution < 1.29 is 9.84 Å². The number of nitrogens with zero attached hydrogens (tertiary/aromatic N) is 1. The Morgan fingerprint density at radius 2 is 2.17 bits per heavy atom. The van der Waals surface area contributed by atoms with Crippen molar-refractivity contribution in [1.29, 1.82) is 0 Å². The Labute approximate surface area is 142 Å². The number of benzene rings is 1. The number of hydrogen-bond acceptors (Lipinski definition) is 4. The standard InChI is InChI=1S/C20H24N2O2/c21-14-5-4-13-15-9-12-3-6-16(23)18-17(12)20(13,19(14)24-18)7-8-22(15)10-11-1-2-11/h3-6,11,13-15,19,23H,1-2,7-10,21H2/t13-,14+,15+,19-,20-/m0/s1. The highest BCUT2D eigenvalue weighted by molar-refractivity contribution is 5.61. The van der Waals surface area contributed by atoms with E-state index in [0.717, 1.165) is 31.1 Å². The van der Waals surface area contributed by atoms with Crippen molar-refractivity contribution in [2.45, 2.75) is 49.3 Å². The largest absolute Gasteiger partial charge is 0.504 e. The molecular weight excluding hydrogens is 300 g/mol. The Kier molecular flexibility index (Phi) is 2.49. The Hall–Kier alpha value is -1.52. The van der Waals surface area contributed by atoms with E-state index in [9.17, 15) is 5.11 Å². The van der Waals surface area contributed by atoms with Crippen molar-refractivity contribution in [1.82, 2.24) is 4.90 Å². The molecule has 4 heteroatoms. The summed E-state index contributed by atoms with van der Waals surface area (Å²) in [6.45, 7) is 2.38. The maximum Gasteiger partial charge on any atom is 0.165 e. The van der Waals surface area contributed by atoms with Crippen molar-refractivity contribution in [3.05, 3.63) is 35.4 Å². The van der Waals surface area contributed by atoms with E-state index >= 15 is 0 Å². The molecule has 6 rings (SSSR count). The summed E-state index contributed by atoms with van der Waals surface area (Å²) >= 11 is 0. The van der Waals surface area contributed by atoms with Crippen molar-refractivity contribution in [2.24, 2.45) is 17.6 Å². The van der Waals surface area contributed by atoms with E-state index in [2.05, 4.69) is 23.1 Å². The van der Waals surface area contributed by atoms with E-state index in [1.54, 1.807) is 0 Å². The van der Waals surface area contributed by atoms with Crippen LogP contribution >= 0.6 is 0 Å². The second-order valence-corrected chi connectivity index (χ2v) is 8.47. The zero-order chi connectivity index (χ0) is 16.1.